The van der Waals surface area contributed by atoms with E-state index in [0.29, 0.717) is 6.42 Å². The van der Waals surface area contributed by atoms with Gasteiger partial charge in [-0.1, -0.05) is 44.9 Å². The molecule has 1 saturated carbocycles. The van der Waals surface area contributed by atoms with Crippen LogP contribution >= 0.6 is 11.8 Å². The summed E-state index contributed by atoms with van der Waals surface area (Å²) in [5, 5.41) is 9.74. The second-order valence-electron chi connectivity index (χ2n) is 9.32. The number of sulfone groups is 1. The van der Waals surface area contributed by atoms with Gasteiger partial charge in [-0.05, 0) is 46.2 Å². The van der Waals surface area contributed by atoms with E-state index >= 15 is 0 Å². The maximum absolute atomic E-state index is 13.4. The van der Waals surface area contributed by atoms with E-state index in [-0.39, 0.29) is 41.3 Å². The monoisotopic (exact) mass is 485 g/mol. The second kappa shape index (κ2) is 11.3. The van der Waals surface area contributed by atoms with E-state index < -0.39 is 9.84 Å². The van der Waals surface area contributed by atoms with Gasteiger partial charge in [-0.3, -0.25) is 9.69 Å². The lowest BCUT2D eigenvalue weighted by atomic mass is 10.1. The lowest BCUT2D eigenvalue weighted by molar-refractivity contribution is -0.132. The number of hydrogen-bond donors (Lipinski definition) is 0. The highest BCUT2D eigenvalue weighted by molar-refractivity contribution is 7.99. The van der Waals surface area contributed by atoms with Gasteiger partial charge in [-0.25, -0.2) is 8.42 Å². The Labute approximate surface area is 197 Å². The molecule has 2 aliphatic rings. The van der Waals surface area contributed by atoms with Crippen molar-refractivity contribution >= 4 is 27.5 Å². The zero-order valence-electron chi connectivity index (χ0n) is 20.0. The molecule has 1 aliphatic carbocycles. The number of hydrogen-bond acceptors (Lipinski definition) is 7. The lowest BCUT2D eigenvalue weighted by Gasteiger charge is -2.34. The summed E-state index contributed by atoms with van der Waals surface area (Å²) in [6.07, 6.45) is 7.78. The van der Waals surface area contributed by atoms with Crippen LogP contribution < -0.4 is 0 Å². The van der Waals surface area contributed by atoms with Crippen molar-refractivity contribution in [2.45, 2.75) is 95.0 Å². The van der Waals surface area contributed by atoms with Gasteiger partial charge in [0.2, 0.25) is 5.91 Å². The molecular formula is C22H39N5O3S2. The fourth-order valence-corrected chi connectivity index (χ4v) is 7.59. The molecule has 0 spiro atoms. The van der Waals surface area contributed by atoms with E-state index in [4.69, 9.17) is 0 Å². The molecule has 2 heterocycles. The van der Waals surface area contributed by atoms with Crippen LogP contribution in [0, 0.1) is 0 Å². The molecule has 1 aromatic rings. The third-order valence-electron chi connectivity index (χ3n) is 6.72. The molecule has 2 fully saturated rings. The first-order valence-corrected chi connectivity index (χ1v) is 14.8. The average molecular weight is 486 g/mol. The zero-order valence-corrected chi connectivity index (χ0v) is 21.6. The summed E-state index contributed by atoms with van der Waals surface area (Å²) in [7, 11) is 1.07. The van der Waals surface area contributed by atoms with Gasteiger partial charge in [0.25, 0.3) is 0 Å². The van der Waals surface area contributed by atoms with E-state index in [2.05, 4.69) is 47.6 Å². The molecule has 32 heavy (non-hydrogen) atoms. The molecule has 0 bridgehead atoms. The Morgan fingerprint density at radius 1 is 1.16 bits per heavy atom. The van der Waals surface area contributed by atoms with Crippen molar-refractivity contribution in [3.63, 3.8) is 0 Å². The first kappa shape index (κ1) is 25.5. The van der Waals surface area contributed by atoms with Crippen LogP contribution in [0.5, 0.6) is 0 Å². The smallest absolute Gasteiger partial charge is 0.233 e. The van der Waals surface area contributed by atoms with Crippen LogP contribution in [0.4, 0.5) is 0 Å². The van der Waals surface area contributed by atoms with Crippen molar-refractivity contribution in [1.82, 2.24) is 24.6 Å². The third kappa shape index (κ3) is 6.05. The van der Waals surface area contributed by atoms with Crippen LogP contribution in [0.1, 0.15) is 77.1 Å². The Morgan fingerprint density at radius 3 is 2.44 bits per heavy atom. The summed E-state index contributed by atoms with van der Waals surface area (Å²) in [6.45, 7) is 5.15. The van der Waals surface area contributed by atoms with Crippen LogP contribution in [0.2, 0.25) is 0 Å². The van der Waals surface area contributed by atoms with E-state index in [0.717, 1.165) is 62.5 Å². The van der Waals surface area contributed by atoms with Crippen molar-refractivity contribution in [2.24, 2.45) is 0 Å². The minimum Gasteiger partial charge on any atom is -0.335 e. The van der Waals surface area contributed by atoms with E-state index in [9.17, 15) is 13.2 Å². The van der Waals surface area contributed by atoms with E-state index in [1.54, 1.807) is 0 Å². The molecular weight excluding hydrogens is 446 g/mol. The molecule has 2 atom stereocenters. The van der Waals surface area contributed by atoms with Gasteiger partial charge in [0, 0.05) is 18.6 Å². The molecule has 3 rings (SSSR count). The van der Waals surface area contributed by atoms with Crippen molar-refractivity contribution in [1.29, 1.82) is 0 Å². The Morgan fingerprint density at radius 2 is 1.88 bits per heavy atom. The van der Waals surface area contributed by atoms with Gasteiger partial charge in [0.15, 0.2) is 20.8 Å². The van der Waals surface area contributed by atoms with Gasteiger partial charge < -0.3 is 9.47 Å². The molecule has 0 N–H and O–H groups in total. The summed E-state index contributed by atoms with van der Waals surface area (Å²) in [5.74, 6) is 1.57. The molecule has 10 heteroatoms. The molecule has 0 aromatic carbocycles. The number of amides is 1. The standard InChI is InChI=1S/C22H39N5O3S2/c1-5-7-13-26-21(19(6-2)25(3)4)23-24-22(26)31-15-20(28)27(17-10-8-9-11-17)18-12-14-32(29,30)16-18/h17-19H,5-16H2,1-4H3. The predicted molar refractivity (Wildman–Crippen MR) is 129 cm³/mol. The average Bonchev–Trinajstić information content (AvgIpc) is 3.47. The van der Waals surface area contributed by atoms with Crippen LogP contribution in [-0.2, 0) is 21.2 Å². The van der Waals surface area contributed by atoms with Gasteiger partial charge in [0.1, 0.15) is 0 Å². The summed E-state index contributed by atoms with van der Waals surface area (Å²) in [6, 6.07) is 0.180. The molecule has 1 saturated heterocycles. The maximum Gasteiger partial charge on any atom is 0.233 e. The normalized spacial score (nSPS) is 22.0. The Balaban J connectivity index is 1.76. The number of carbonyl (C=O) groups excluding carboxylic acids is 1. The summed E-state index contributed by atoms with van der Waals surface area (Å²) in [4.78, 5) is 17.5. The van der Waals surface area contributed by atoms with Crippen molar-refractivity contribution in [2.75, 3.05) is 31.4 Å². The quantitative estimate of drug-likeness (QED) is 0.445. The minimum atomic E-state index is -3.04. The van der Waals surface area contributed by atoms with Crippen molar-refractivity contribution < 1.29 is 13.2 Å². The number of unbranched alkanes of at least 4 members (excludes halogenated alkanes) is 1. The largest absolute Gasteiger partial charge is 0.335 e. The second-order valence-corrected chi connectivity index (χ2v) is 12.5. The minimum absolute atomic E-state index is 0.0373. The van der Waals surface area contributed by atoms with Crippen LogP contribution in [-0.4, -0.2) is 82.3 Å². The predicted octanol–water partition coefficient (Wildman–Crippen LogP) is 3.14. The van der Waals surface area contributed by atoms with E-state index in [1.807, 2.05) is 4.90 Å². The zero-order chi connectivity index (χ0) is 23.3. The Bertz CT molecular complexity index is 865. The number of nitrogens with zero attached hydrogens (tertiary/aromatic N) is 5. The van der Waals surface area contributed by atoms with Crippen molar-refractivity contribution in [3.8, 4) is 0 Å². The van der Waals surface area contributed by atoms with Gasteiger partial charge >= 0.3 is 0 Å². The molecule has 1 aromatic heterocycles. The number of thioether (sulfide) groups is 1. The highest BCUT2D eigenvalue weighted by Gasteiger charge is 2.39. The Kier molecular flexibility index (Phi) is 9.03. The number of rotatable bonds is 11. The molecule has 8 nitrogen and oxygen atoms in total. The van der Waals surface area contributed by atoms with Gasteiger partial charge in [-0.2, -0.15) is 0 Å². The highest BCUT2D eigenvalue weighted by atomic mass is 32.2. The number of carbonyl (C=O) groups is 1. The summed E-state index contributed by atoms with van der Waals surface area (Å²) >= 11 is 1.44. The summed E-state index contributed by atoms with van der Waals surface area (Å²) in [5.41, 5.74) is 0. The first-order valence-electron chi connectivity index (χ1n) is 12.0. The summed E-state index contributed by atoms with van der Waals surface area (Å²) < 4.78 is 26.4. The fraction of sp³-hybridized carbons (Fsp3) is 0.864. The number of aromatic nitrogens is 3. The topological polar surface area (TPSA) is 88.4 Å². The van der Waals surface area contributed by atoms with E-state index in [1.165, 1.54) is 11.8 Å². The fourth-order valence-electron chi connectivity index (χ4n) is 5.04. The van der Waals surface area contributed by atoms with Gasteiger partial charge in [0.05, 0.1) is 23.3 Å². The molecule has 1 aliphatic heterocycles. The maximum atomic E-state index is 13.4. The van der Waals surface area contributed by atoms with Crippen LogP contribution in [0.25, 0.3) is 0 Å². The lowest BCUT2D eigenvalue weighted by Crippen LogP contribution is -2.47. The Hall–Kier alpha value is -1.13. The van der Waals surface area contributed by atoms with Gasteiger partial charge in [-0.15, -0.1) is 10.2 Å². The molecule has 182 valence electrons. The van der Waals surface area contributed by atoms with Crippen LogP contribution in [0.3, 0.4) is 0 Å². The van der Waals surface area contributed by atoms with Crippen molar-refractivity contribution in [3.05, 3.63) is 5.82 Å². The molecule has 1 amide bonds. The van der Waals surface area contributed by atoms with Crippen LogP contribution in [0.15, 0.2) is 5.16 Å². The first-order chi connectivity index (χ1) is 15.3. The molecule has 2 unspecified atom stereocenters. The third-order valence-corrected chi connectivity index (χ3v) is 9.42. The SMILES string of the molecule is CCCCn1c(SCC(=O)N(C2CCCC2)C2CCS(=O)(=O)C2)nnc1C(CC)N(C)C. The molecule has 0 radical (unpaired) electrons. The highest BCUT2D eigenvalue weighted by Crippen LogP contribution is 2.31.